The Bertz CT molecular complexity index is 859. The van der Waals surface area contributed by atoms with Crippen LogP contribution in [0.3, 0.4) is 0 Å². The van der Waals surface area contributed by atoms with E-state index in [0.717, 1.165) is 29.6 Å². The molecule has 2 N–H and O–H groups in total. The van der Waals surface area contributed by atoms with Crippen molar-refractivity contribution < 1.29 is 19.1 Å². The van der Waals surface area contributed by atoms with E-state index in [4.69, 9.17) is 5.84 Å². The van der Waals surface area contributed by atoms with Gasteiger partial charge in [0.2, 0.25) is 0 Å². The topological polar surface area (TPSA) is 114 Å². The fourth-order valence-electron chi connectivity index (χ4n) is 1.69. The summed E-state index contributed by atoms with van der Waals surface area (Å²) in [7, 11) is 2.34. The van der Waals surface area contributed by atoms with Gasteiger partial charge in [-0.3, -0.25) is 4.79 Å². The number of carbonyl (C=O) groups is 2. The summed E-state index contributed by atoms with van der Waals surface area (Å²) in [5.41, 5.74) is -0.0515. The van der Waals surface area contributed by atoms with Crippen molar-refractivity contribution in [2.24, 2.45) is 0 Å². The number of nitrogens with zero attached hydrogens (tertiary/aromatic N) is 2. The molecule has 0 atom stereocenters. The molecule has 0 aliphatic carbocycles. The first-order chi connectivity index (χ1) is 11.0. The van der Waals surface area contributed by atoms with E-state index < -0.39 is 17.5 Å². The zero-order valence-corrected chi connectivity index (χ0v) is 13.1. The summed E-state index contributed by atoms with van der Waals surface area (Å²) in [6, 6.07) is 6.64. The number of benzene rings is 1. The van der Waals surface area contributed by atoms with Crippen molar-refractivity contribution in [3.8, 4) is 0 Å². The highest BCUT2D eigenvalue weighted by Crippen LogP contribution is 2.25. The highest BCUT2D eigenvalue weighted by atomic mass is 32.2. The molecule has 0 spiro atoms. The number of thioether (sulfide) groups is 1. The first-order valence-electron chi connectivity index (χ1n) is 6.30. The Kier molecular flexibility index (Phi) is 5.02. The zero-order chi connectivity index (χ0) is 17.0. The number of hydrogen-bond acceptors (Lipinski definition) is 8. The number of carbonyl (C=O) groups excluding carboxylic acids is 2. The largest absolute Gasteiger partial charge is 0.466 e. The molecule has 0 fully saturated rings. The predicted octanol–water partition coefficient (Wildman–Crippen LogP) is 0.432. The molecule has 0 amide bonds. The monoisotopic (exact) mass is 335 g/mol. The van der Waals surface area contributed by atoms with Crippen molar-refractivity contribution in [1.82, 2.24) is 9.66 Å². The van der Waals surface area contributed by atoms with Crippen LogP contribution in [0.15, 0.2) is 45.2 Å². The van der Waals surface area contributed by atoms with Gasteiger partial charge in [0.15, 0.2) is 5.16 Å². The number of ether oxygens (including phenoxy) is 2. The number of esters is 2. The highest BCUT2D eigenvalue weighted by molar-refractivity contribution is 8.03. The molecular formula is C14H13N3O5S. The number of methoxy groups -OCH3 is 2. The van der Waals surface area contributed by atoms with Crippen LogP contribution < -0.4 is 11.4 Å². The number of rotatable bonds is 4. The Morgan fingerprint density at radius 3 is 2.61 bits per heavy atom. The van der Waals surface area contributed by atoms with E-state index in [1.807, 2.05) is 0 Å². The van der Waals surface area contributed by atoms with Gasteiger partial charge in [-0.2, -0.15) is 0 Å². The normalized spacial score (nSPS) is 11.3. The lowest BCUT2D eigenvalue weighted by molar-refractivity contribution is -0.137. The minimum Gasteiger partial charge on any atom is -0.466 e. The predicted molar refractivity (Wildman–Crippen MR) is 84.1 cm³/mol. The van der Waals surface area contributed by atoms with Crippen LogP contribution in [-0.2, 0) is 19.1 Å². The van der Waals surface area contributed by atoms with Crippen molar-refractivity contribution in [2.75, 3.05) is 20.1 Å². The summed E-state index contributed by atoms with van der Waals surface area (Å²) >= 11 is 0.733. The lowest BCUT2D eigenvalue weighted by Crippen LogP contribution is -2.30. The van der Waals surface area contributed by atoms with Gasteiger partial charge in [0.25, 0.3) is 5.56 Å². The first-order valence-corrected chi connectivity index (χ1v) is 7.12. The number of nitrogens with two attached hydrogens (primary N) is 1. The molecule has 0 saturated heterocycles. The Labute approximate surface area is 134 Å². The third-order valence-electron chi connectivity index (χ3n) is 2.81. The Balaban J connectivity index is 2.52. The van der Waals surface area contributed by atoms with Crippen molar-refractivity contribution in [2.45, 2.75) is 5.16 Å². The van der Waals surface area contributed by atoms with Gasteiger partial charge in [-0.05, 0) is 23.9 Å². The lowest BCUT2D eigenvalue weighted by Gasteiger charge is -2.09. The van der Waals surface area contributed by atoms with Crippen molar-refractivity contribution >= 4 is 34.6 Å². The van der Waals surface area contributed by atoms with E-state index in [-0.39, 0.29) is 10.1 Å². The lowest BCUT2D eigenvalue weighted by atomic mass is 10.2. The molecule has 0 bridgehead atoms. The number of para-hydroxylation sites is 1. The van der Waals surface area contributed by atoms with Crippen LogP contribution in [0, 0.1) is 0 Å². The smallest absolute Gasteiger partial charge is 0.345 e. The van der Waals surface area contributed by atoms with E-state index in [1.165, 1.54) is 7.11 Å². The van der Waals surface area contributed by atoms with E-state index in [0.29, 0.717) is 10.9 Å². The molecule has 23 heavy (non-hydrogen) atoms. The van der Waals surface area contributed by atoms with Crippen molar-refractivity contribution in [3.63, 3.8) is 0 Å². The number of aromatic nitrogens is 2. The summed E-state index contributed by atoms with van der Waals surface area (Å²) in [4.78, 5) is 39.4. The van der Waals surface area contributed by atoms with Gasteiger partial charge >= 0.3 is 11.9 Å². The molecule has 1 aromatic carbocycles. The third kappa shape index (κ3) is 3.51. The maximum absolute atomic E-state index is 12.2. The molecular weight excluding hydrogens is 322 g/mol. The van der Waals surface area contributed by atoms with Crippen LogP contribution >= 0.6 is 11.8 Å². The molecule has 0 unspecified atom stereocenters. The zero-order valence-electron chi connectivity index (χ0n) is 12.3. The average molecular weight is 335 g/mol. The molecule has 120 valence electrons. The van der Waals surface area contributed by atoms with Gasteiger partial charge in [-0.1, -0.05) is 12.1 Å². The molecule has 2 rings (SSSR count). The summed E-state index contributed by atoms with van der Waals surface area (Å²) in [5.74, 6) is 4.21. The van der Waals surface area contributed by atoms with Crippen LogP contribution in [0.1, 0.15) is 0 Å². The second kappa shape index (κ2) is 6.97. The molecule has 0 aliphatic rings. The SMILES string of the molecule is COC(=O)/C=C(\Sc1nc2ccccc2c(=O)n1N)C(=O)OC. The van der Waals surface area contributed by atoms with E-state index >= 15 is 0 Å². The van der Waals surface area contributed by atoms with Gasteiger partial charge in [0.1, 0.15) is 4.91 Å². The van der Waals surface area contributed by atoms with Gasteiger partial charge in [0.05, 0.1) is 25.1 Å². The summed E-state index contributed by atoms with van der Waals surface area (Å²) < 4.78 is 9.88. The van der Waals surface area contributed by atoms with E-state index in [2.05, 4.69) is 14.5 Å². The third-order valence-corrected chi connectivity index (χ3v) is 3.79. The molecule has 9 heteroatoms. The Morgan fingerprint density at radius 1 is 1.26 bits per heavy atom. The minimum absolute atomic E-state index is 0.0363. The summed E-state index contributed by atoms with van der Waals surface area (Å²) in [6.07, 6.45) is 0.942. The molecule has 8 nitrogen and oxygen atoms in total. The second-order valence-corrected chi connectivity index (χ2v) is 5.22. The van der Waals surface area contributed by atoms with Gasteiger partial charge in [0, 0.05) is 6.08 Å². The summed E-state index contributed by atoms with van der Waals surface area (Å²) in [6.45, 7) is 0. The van der Waals surface area contributed by atoms with Crippen molar-refractivity contribution in [1.29, 1.82) is 0 Å². The summed E-state index contributed by atoms with van der Waals surface area (Å²) in [5, 5.41) is 0.380. The first kappa shape index (κ1) is 16.6. The van der Waals surface area contributed by atoms with Gasteiger partial charge < -0.3 is 15.3 Å². The molecule has 2 aromatic rings. The molecule has 1 heterocycles. The van der Waals surface area contributed by atoms with Crippen LogP contribution in [0.5, 0.6) is 0 Å². The van der Waals surface area contributed by atoms with Crippen LogP contribution in [0.25, 0.3) is 10.9 Å². The highest BCUT2D eigenvalue weighted by Gasteiger charge is 2.18. The molecule has 1 aromatic heterocycles. The number of hydrogen-bond donors (Lipinski definition) is 1. The standard InChI is InChI=1S/C14H13N3O5S/c1-21-11(18)7-10(13(20)22-2)23-14-16-9-6-4-3-5-8(9)12(19)17(14)15/h3-7H,15H2,1-2H3/b10-7-. The Hall–Kier alpha value is -2.81. The maximum atomic E-state index is 12.2. The number of nitrogen functional groups attached to an aromatic ring is 1. The van der Waals surface area contributed by atoms with Crippen LogP contribution in [-0.4, -0.2) is 35.8 Å². The number of fused-ring (bicyclic) bond motifs is 1. The van der Waals surface area contributed by atoms with Crippen LogP contribution in [0.2, 0.25) is 0 Å². The Morgan fingerprint density at radius 2 is 1.96 bits per heavy atom. The maximum Gasteiger partial charge on any atom is 0.345 e. The van der Waals surface area contributed by atoms with E-state index in [1.54, 1.807) is 24.3 Å². The fraction of sp³-hybridized carbons (Fsp3) is 0.143. The fourth-order valence-corrected chi connectivity index (χ4v) is 2.54. The van der Waals surface area contributed by atoms with Gasteiger partial charge in [-0.25, -0.2) is 19.2 Å². The molecule has 0 radical (unpaired) electrons. The molecule has 0 aliphatic heterocycles. The minimum atomic E-state index is -0.775. The quantitative estimate of drug-likeness (QED) is 0.281. The van der Waals surface area contributed by atoms with E-state index in [9.17, 15) is 14.4 Å². The average Bonchev–Trinajstić information content (AvgIpc) is 2.57. The van der Waals surface area contributed by atoms with Crippen molar-refractivity contribution in [3.05, 3.63) is 45.6 Å². The van der Waals surface area contributed by atoms with Crippen LogP contribution in [0.4, 0.5) is 0 Å². The second-order valence-electron chi connectivity index (χ2n) is 4.21. The molecule has 0 saturated carbocycles. The van der Waals surface area contributed by atoms with Gasteiger partial charge in [-0.15, -0.1) is 0 Å².